The molecule has 2 aromatic heterocycles. The van der Waals surface area contributed by atoms with Crippen molar-refractivity contribution >= 4 is 51.8 Å². The monoisotopic (exact) mass is 642 g/mol. The summed E-state index contributed by atoms with van der Waals surface area (Å²) in [5.41, 5.74) is 3.53. The number of imidazole rings is 1. The van der Waals surface area contributed by atoms with E-state index >= 15 is 0 Å². The van der Waals surface area contributed by atoms with Gasteiger partial charge in [-0.15, -0.1) is 11.3 Å². The quantitative estimate of drug-likeness (QED) is 0.176. The summed E-state index contributed by atoms with van der Waals surface area (Å²) in [5, 5.41) is 9.08. The zero-order valence-corrected chi connectivity index (χ0v) is 27.5. The lowest BCUT2D eigenvalue weighted by molar-refractivity contribution is -0.155. The topological polar surface area (TPSA) is 129 Å². The second kappa shape index (κ2) is 13.6. The molecule has 3 heterocycles. The summed E-state index contributed by atoms with van der Waals surface area (Å²) in [6, 6.07) is 16.1. The van der Waals surface area contributed by atoms with Crippen LogP contribution in [0.3, 0.4) is 0 Å². The molecule has 1 unspecified atom stereocenters. The third-order valence-corrected chi connectivity index (χ3v) is 9.55. The van der Waals surface area contributed by atoms with Crippen molar-refractivity contribution in [1.82, 2.24) is 20.3 Å². The van der Waals surface area contributed by atoms with E-state index in [1.54, 1.807) is 10.3 Å². The molecule has 3 N–H and O–H groups in total. The van der Waals surface area contributed by atoms with E-state index in [9.17, 15) is 14.4 Å². The molecule has 1 saturated carbocycles. The number of fused-ring (bicyclic) bond motifs is 2. The number of aromatic amines is 1. The van der Waals surface area contributed by atoms with E-state index in [0.717, 1.165) is 53.9 Å². The Balaban J connectivity index is 1.01. The summed E-state index contributed by atoms with van der Waals surface area (Å²) in [4.78, 5) is 53.3. The number of benzene rings is 2. The maximum atomic E-state index is 13.3. The van der Waals surface area contributed by atoms with Crippen molar-refractivity contribution < 1.29 is 19.1 Å². The van der Waals surface area contributed by atoms with Crippen LogP contribution in [0.15, 0.2) is 53.9 Å². The van der Waals surface area contributed by atoms with E-state index in [0.29, 0.717) is 42.0 Å². The molecular formula is C35H42N6O4S. The lowest BCUT2D eigenvalue weighted by atomic mass is 9.86. The van der Waals surface area contributed by atoms with Gasteiger partial charge in [-0.1, -0.05) is 30.3 Å². The molecule has 2 aromatic carbocycles. The van der Waals surface area contributed by atoms with Crippen molar-refractivity contribution in [2.45, 2.75) is 89.8 Å². The Hall–Kier alpha value is -4.25. The standard InChI is InChI=1S/C35H42N6O4S/c1-35(2,3)45-32(43)18-23-14-17-31(42)41(29-11-7-4-8-25(23)29)20-30-38-28(21-46-30)33(44)36-19-22-12-15-24(16-13-22)37-34-39-26-9-5-6-10-27(26)40-34/h4-11,21-24H,12-20H2,1-3H3,(H,36,44)(H2,37,39,40). The number of para-hydroxylation sites is 3. The van der Waals surface area contributed by atoms with Crippen LogP contribution in [0.1, 0.15) is 92.7 Å². The van der Waals surface area contributed by atoms with Gasteiger partial charge in [-0.3, -0.25) is 14.4 Å². The number of anilines is 2. The van der Waals surface area contributed by atoms with Gasteiger partial charge in [0, 0.05) is 30.1 Å². The second-order valence-corrected chi connectivity index (χ2v) is 14.3. The molecule has 10 nitrogen and oxygen atoms in total. The molecule has 46 heavy (non-hydrogen) atoms. The van der Waals surface area contributed by atoms with Gasteiger partial charge in [0.2, 0.25) is 11.9 Å². The molecule has 0 saturated heterocycles. The van der Waals surface area contributed by atoms with Crippen LogP contribution in [0.2, 0.25) is 0 Å². The number of H-pyrrole nitrogens is 1. The highest BCUT2D eigenvalue weighted by molar-refractivity contribution is 7.09. The normalized spacial score (nSPS) is 20.2. The smallest absolute Gasteiger partial charge is 0.306 e. The van der Waals surface area contributed by atoms with Gasteiger partial charge in [-0.25, -0.2) is 9.97 Å². The lowest BCUT2D eigenvalue weighted by Gasteiger charge is -2.29. The molecular weight excluding hydrogens is 600 g/mol. The SMILES string of the molecule is CC(C)(C)OC(=O)CC1CCC(=O)N(Cc2nc(C(=O)NCC3CCC(Nc4nc5ccccc5[nH]4)CC3)cs2)c2ccccc21. The molecule has 0 bridgehead atoms. The number of nitrogens with one attached hydrogen (secondary N) is 3. The maximum absolute atomic E-state index is 13.3. The minimum Gasteiger partial charge on any atom is -0.460 e. The Bertz CT molecular complexity index is 1670. The zero-order chi connectivity index (χ0) is 32.3. The molecule has 1 aliphatic carbocycles. The van der Waals surface area contributed by atoms with Crippen molar-refractivity contribution in [1.29, 1.82) is 0 Å². The number of thiazole rings is 1. The fourth-order valence-electron chi connectivity index (χ4n) is 6.45. The summed E-state index contributed by atoms with van der Waals surface area (Å²) < 4.78 is 5.58. The second-order valence-electron chi connectivity index (χ2n) is 13.4. The van der Waals surface area contributed by atoms with Gasteiger partial charge in [-0.05, 0) is 88.5 Å². The number of rotatable bonds is 9. The van der Waals surface area contributed by atoms with E-state index in [4.69, 9.17) is 4.74 Å². The third kappa shape index (κ3) is 7.75. The minimum atomic E-state index is -0.564. The first kappa shape index (κ1) is 31.7. The summed E-state index contributed by atoms with van der Waals surface area (Å²) >= 11 is 1.38. The van der Waals surface area contributed by atoms with Crippen molar-refractivity contribution in [3.63, 3.8) is 0 Å². The van der Waals surface area contributed by atoms with Crippen molar-refractivity contribution in [3.8, 4) is 0 Å². The third-order valence-electron chi connectivity index (χ3n) is 8.71. The first-order chi connectivity index (χ1) is 22.1. The number of nitrogens with zero attached hydrogens (tertiary/aromatic N) is 3. The average Bonchev–Trinajstić information content (AvgIpc) is 3.64. The van der Waals surface area contributed by atoms with Gasteiger partial charge in [-0.2, -0.15) is 0 Å². The van der Waals surface area contributed by atoms with E-state index in [-0.39, 0.29) is 36.7 Å². The van der Waals surface area contributed by atoms with Gasteiger partial charge in [0.15, 0.2) is 0 Å². The van der Waals surface area contributed by atoms with E-state index in [2.05, 4.69) is 25.6 Å². The van der Waals surface area contributed by atoms with Crippen LogP contribution in [0.5, 0.6) is 0 Å². The number of esters is 1. The van der Waals surface area contributed by atoms with E-state index < -0.39 is 5.60 Å². The molecule has 2 aliphatic rings. The number of amides is 2. The van der Waals surface area contributed by atoms with Gasteiger partial charge in [0.05, 0.1) is 24.0 Å². The number of carbonyl (C=O) groups is 3. The van der Waals surface area contributed by atoms with E-state index in [1.807, 2.05) is 69.3 Å². The molecule has 6 rings (SSSR count). The maximum Gasteiger partial charge on any atom is 0.306 e. The van der Waals surface area contributed by atoms with E-state index in [1.165, 1.54) is 11.3 Å². The average molecular weight is 643 g/mol. The highest BCUT2D eigenvalue weighted by atomic mass is 32.1. The molecule has 11 heteroatoms. The van der Waals surface area contributed by atoms with Crippen molar-refractivity contribution in [2.75, 3.05) is 16.8 Å². The predicted molar refractivity (Wildman–Crippen MR) is 180 cm³/mol. The molecule has 1 aliphatic heterocycles. The number of hydrogen-bond acceptors (Lipinski definition) is 8. The molecule has 242 valence electrons. The van der Waals surface area contributed by atoms with Crippen LogP contribution in [0.25, 0.3) is 11.0 Å². The minimum absolute atomic E-state index is 0.0224. The molecule has 0 radical (unpaired) electrons. The summed E-state index contributed by atoms with van der Waals surface area (Å²) in [6.07, 6.45) is 5.17. The fourth-order valence-corrected chi connectivity index (χ4v) is 7.21. The van der Waals surface area contributed by atoms with Crippen molar-refractivity contribution in [3.05, 3.63) is 70.2 Å². The highest BCUT2D eigenvalue weighted by Crippen LogP contribution is 2.38. The van der Waals surface area contributed by atoms with Crippen LogP contribution < -0.4 is 15.5 Å². The zero-order valence-electron chi connectivity index (χ0n) is 26.7. The Labute approximate surface area is 273 Å². The van der Waals surface area contributed by atoms with Gasteiger partial charge >= 0.3 is 5.97 Å². The number of hydrogen-bond donors (Lipinski definition) is 3. The molecule has 4 aromatic rings. The van der Waals surface area contributed by atoms with Gasteiger partial charge in [0.1, 0.15) is 16.3 Å². The molecule has 2 amide bonds. The largest absolute Gasteiger partial charge is 0.460 e. The summed E-state index contributed by atoms with van der Waals surface area (Å²) in [6.45, 7) is 6.45. The Morgan fingerprint density at radius 2 is 1.78 bits per heavy atom. The first-order valence-electron chi connectivity index (χ1n) is 16.2. The summed E-state index contributed by atoms with van der Waals surface area (Å²) in [5.74, 6) is 0.625. The van der Waals surface area contributed by atoms with Crippen LogP contribution in [0, 0.1) is 5.92 Å². The number of aromatic nitrogens is 3. The first-order valence-corrected chi connectivity index (χ1v) is 17.0. The molecule has 1 atom stereocenters. The Morgan fingerprint density at radius 3 is 2.57 bits per heavy atom. The predicted octanol–water partition coefficient (Wildman–Crippen LogP) is 6.56. The van der Waals surface area contributed by atoms with Crippen LogP contribution in [-0.2, 0) is 20.9 Å². The van der Waals surface area contributed by atoms with Gasteiger partial charge in [0.25, 0.3) is 5.91 Å². The molecule has 1 fully saturated rings. The van der Waals surface area contributed by atoms with Crippen LogP contribution in [0.4, 0.5) is 11.6 Å². The highest BCUT2D eigenvalue weighted by Gasteiger charge is 2.31. The number of ether oxygens (including phenoxy) is 1. The summed E-state index contributed by atoms with van der Waals surface area (Å²) in [7, 11) is 0. The lowest BCUT2D eigenvalue weighted by Crippen LogP contribution is -2.34. The van der Waals surface area contributed by atoms with Gasteiger partial charge < -0.3 is 25.3 Å². The van der Waals surface area contributed by atoms with Crippen LogP contribution >= 0.6 is 11.3 Å². The Kier molecular flexibility index (Phi) is 9.39. The van der Waals surface area contributed by atoms with Crippen LogP contribution in [-0.4, -0.2) is 50.9 Å². The van der Waals surface area contributed by atoms with Crippen molar-refractivity contribution in [2.24, 2.45) is 5.92 Å². The number of carbonyl (C=O) groups excluding carboxylic acids is 3. The fraction of sp³-hybridized carbons (Fsp3) is 0.457. The molecule has 0 spiro atoms. The Morgan fingerprint density at radius 1 is 1.02 bits per heavy atom.